The summed E-state index contributed by atoms with van der Waals surface area (Å²) in [5.41, 5.74) is 2.46. The molecule has 2 rings (SSSR count). The first kappa shape index (κ1) is 25.2. The first-order valence-electron chi connectivity index (χ1n) is 10.7. The molecule has 2 aromatic rings. The molecule has 0 spiro atoms. The molecule has 1 unspecified atom stereocenters. The van der Waals surface area contributed by atoms with E-state index in [1.54, 1.807) is 0 Å². The van der Waals surface area contributed by atoms with E-state index < -0.39 is 18.9 Å². The Labute approximate surface area is 188 Å². The van der Waals surface area contributed by atoms with Crippen LogP contribution in [0.5, 0.6) is 0 Å². The Balaban J connectivity index is 2.77. The van der Waals surface area contributed by atoms with Crippen molar-refractivity contribution in [3.63, 3.8) is 0 Å². The molecule has 0 heterocycles. The Morgan fingerprint density at radius 3 is 1.70 bits per heavy atom. The van der Waals surface area contributed by atoms with Crippen LogP contribution in [0.15, 0.2) is 54.6 Å². The molecule has 0 aliphatic heterocycles. The molecule has 0 fully saturated rings. The van der Waals surface area contributed by atoms with Gasteiger partial charge in [-0.3, -0.25) is 0 Å². The third-order valence-electron chi connectivity index (χ3n) is 5.08. The van der Waals surface area contributed by atoms with E-state index in [9.17, 15) is 4.21 Å². The molecule has 0 amide bonds. The molecular weight excluding hydrogens is 405 g/mol. The Bertz CT molecular complexity index is 845. The average molecular weight is 446 g/mol. The van der Waals surface area contributed by atoms with Gasteiger partial charge in [0.2, 0.25) is 0 Å². The average Bonchev–Trinajstić information content (AvgIpc) is 2.60. The predicted octanol–water partition coefficient (Wildman–Crippen LogP) is 6.87. The number of rotatable bonds is 5. The van der Waals surface area contributed by atoms with E-state index in [2.05, 4.69) is 94.4 Å². The smallest absolute Gasteiger partial charge is 0.100 e. The third-order valence-corrected chi connectivity index (χ3v) is 10.4. The maximum atomic E-state index is 13.5. The second-order valence-corrected chi connectivity index (χ2v) is 17.1. The maximum absolute atomic E-state index is 13.5. The van der Waals surface area contributed by atoms with E-state index in [0.29, 0.717) is 0 Å². The molecular formula is C26H40NOPS. The summed E-state index contributed by atoms with van der Waals surface area (Å²) in [5, 5.41) is 1.73. The molecule has 0 radical (unpaired) electrons. The van der Waals surface area contributed by atoms with Gasteiger partial charge in [-0.1, -0.05) is 104 Å². The molecule has 2 aromatic carbocycles. The van der Waals surface area contributed by atoms with Crippen molar-refractivity contribution in [1.82, 2.24) is 4.31 Å². The standard InChI is InChI=1S/C26H40NOPS/c1-24(2,3)29(25(4,5)6)22-19-15-14-18-21(22)23(20-16-12-11-13-17-20)27(10)30(28)26(7,8)9/h11-19,23H,1-10H3/t23-,30?/m1/s1. The van der Waals surface area contributed by atoms with Crippen LogP contribution >= 0.6 is 7.92 Å². The Hall–Kier alpha value is -1.02. The summed E-state index contributed by atoms with van der Waals surface area (Å²) >= 11 is 0. The van der Waals surface area contributed by atoms with Crippen LogP contribution in [-0.2, 0) is 11.0 Å². The van der Waals surface area contributed by atoms with Gasteiger partial charge in [-0.2, -0.15) is 0 Å². The van der Waals surface area contributed by atoms with E-state index in [-0.39, 0.29) is 21.1 Å². The van der Waals surface area contributed by atoms with E-state index in [1.165, 1.54) is 16.4 Å². The van der Waals surface area contributed by atoms with Crippen molar-refractivity contribution in [2.24, 2.45) is 0 Å². The molecule has 2 nitrogen and oxygen atoms in total. The lowest BCUT2D eigenvalue weighted by molar-refractivity contribution is 0.441. The Kier molecular flexibility index (Phi) is 7.76. The number of benzene rings is 2. The van der Waals surface area contributed by atoms with Crippen molar-refractivity contribution in [3.8, 4) is 0 Å². The molecule has 0 aliphatic carbocycles. The van der Waals surface area contributed by atoms with Gasteiger partial charge in [-0.05, 0) is 47.5 Å². The molecule has 166 valence electrons. The van der Waals surface area contributed by atoms with Crippen molar-refractivity contribution in [2.45, 2.75) is 83.4 Å². The Morgan fingerprint density at radius 2 is 1.23 bits per heavy atom. The lowest BCUT2D eigenvalue weighted by Gasteiger charge is -2.44. The Morgan fingerprint density at radius 1 is 0.767 bits per heavy atom. The number of hydrogen-bond acceptors (Lipinski definition) is 1. The summed E-state index contributed by atoms with van der Waals surface area (Å²) in [6.07, 6.45) is 0. The third kappa shape index (κ3) is 5.81. The zero-order valence-electron chi connectivity index (χ0n) is 20.5. The van der Waals surface area contributed by atoms with Crippen molar-refractivity contribution in [3.05, 3.63) is 65.7 Å². The molecule has 0 saturated carbocycles. The van der Waals surface area contributed by atoms with Crippen LogP contribution in [0.25, 0.3) is 0 Å². The minimum Gasteiger partial charge on any atom is -0.242 e. The second kappa shape index (κ2) is 9.23. The van der Waals surface area contributed by atoms with Crippen LogP contribution in [0.3, 0.4) is 0 Å². The fraction of sp³-hybridized carbons (Fsp3) is 0.538. The summed E-state index contributed by atoms with van der Waals surface area (Å²) in [6.45, 7) is 20.3. The highest BCUT2D eigenvalue weighted by atomic mass is 32.2. The van der Waals surface area contributed by atoms with Gasteiger partial charge in [-0.25, -0.2) is 8.51 Å². The predicted molar refractivity (Wildman–Crippen MR) is 136 cm³/mol. The maximum Gasteiger partial charge on any atom is 0.100 e. The van der Waals surface area contributed by atoms with Gasteiger partial charge in [0.05, 0.1) is 10.8 Å². The molecule has 0 aliphatic rings. The van der Waals surface area contributed by atoms with Crippen molar-refractivity contribution >= 4 is 24.2 Å². The van der Waals surface area contributed by atoms with Gasteiger partial charge in [-0.15, -0.1) is 0 Å². The van der Waals surface area contributed by atoms with Gasteiger partial charge >= 0.3 is 0 Å². The fourth-order valence-corrected chi connectivity index (χ4v) is 9.84. The lowest BCUT2D eigenvalue weighted by Crippen LogP contribution is -2.40. The number of hydrogen-bond donors (Lipinski definition) is 0. The summed E-state index contributed by atoms with van der Waals surface area (Å²) < 4.78 is 15.2. The molecule has 4 heteroatoms. The zero-order valence-corrected chi connectivity index (χ0v) is 22.2. The second-order valence-electron chi connectivity index (χ2n) is 11.0. The summed E-state index contributed by atoms with van der Waals surface area (Å²) in [7, 11) is 0.391. The van der Waals surface area contributed by atoms with Crippen LogP contribution in [0.4, 0.5) is 0 Å². The lowest BCUT2D eigenvalue weighted by atomic mass is 9.99. The van der Waals surface area contributed by atoms with Gasteiger partial charge in [0.1, 0.15) is 11.0 Å². The molecule has 0 saturated heterocycles. The summed E-state index contributed by atoms with van der Waals surface area (Å²) in [5.74, 6) is 0. The highest BCUT2D eigenvalue weighted by molar-refractivity contribution is 7.84. The quantitative estimate of drug-likeness (QED) is 0.460. The molecule has 0 N–H and O–H groups in total. The van der Waals surface area contributed by atoms with Gasteiger partial charge in [0.15, 0.2) is 0 Å². The summed E-state index contributed by atoms with van der Waals surface area (Å²) in [4.78, 5) is 0. The topological polar surface area (TPSA) is 20.3 Å². The monoisotopic (exact) mass is 445 g/mol. The largest absolute Gasteiger partial charge is 0.242 e. The summed E-state index contributed by atoms with van der Waals surface area (Å²) in [6, 6.07) is 19.3. The van der Waals surface area contributed by atoms with Gasteiger partial charge < -0.3 is 0 Å². The van der Waals surface area contributed by atoms with E-state index in [4.69, 9.17) is 0 Å². The van der Waals surface area contributed by atoms with Gasteiger partial charge in [0, 0.05) is 7.05 Å². The van der Waals surface area contributed by atoms with Crippen molar-refractivity contribution in [2.75, 3.05) is 7.05 Å². The molecule has 0 bridgehead atoms. The van der Waals surface area contributed by atoms with Crippen molar-refractivity contribution in [1.29, 1.82) is 0 Å². The van der Waals surface area contributed by atoms with E-state index >= 15 is 0 Å². The van der Waals surface area contributed by atoms with Gasteiger partial charge in [0.25, 0.3) is 0 Å². The van der Waals surface area contributed by atoms with Crippen LogP contribution in [0.2, 0.25) is 0 Å². The normalized spacial score (nSPS) is 15.5. The van der Waals surface area contributed by atoms with Crippen LogP contribution < -0.4 is 5.30 Å². The highest BCUT2D eigenvalue weighted by Gasteiger charge is 2.39. The minimum atomic E-state index is -1.14. The van der Waals surface area contributed by atoms with Crippen molar-refractivity contribution < 1.29 is 4.21 Å². The molecule has 30 heavy (non-hydrogen) atoms. The van der Waals surface area contributed by atoms with Crippen LogP contribution in [0.1, 0.15) is 79.5 Å². The molecule has 0 aromatic heterocycles. The first-order valence-corrected chi connectivity index (χ1v) is 13.2. The van der Waals surface area contributed by atoms with E-state index in [1.807, 2.05) is 33.9 Å². The SMILES string of the molecule is CN([C@H](c1ccccc1)c1ccccc1P(C(C)(C)C)C(C)(C)C)S(=O)C(C)(C)C. The van der Waals surface area contributed by atoms with Crippen LogP contribution in [0, 0.1) is 0 Å². The zero-order chi connectivity index (χ0) is 22.9. The number of nitrogens with zero attached hydrogens (tertiary/aromatic N) is 1. The minimum absolute atomic E-state index is 0.0582. The van der Waals surface area contributed by atoms with E-state index in [0.717, 1.165) is 0 Å². The van der Waals surface area contributed by atoms with Crippen LogP contribution in [-0.4, -0.2) is 30.6 Å². The first-order chi connectivity index (χ1) is 13.7. The highest BCUT2D eigenvalue weighted by Crippen LogP contribution is 2.59. The molecule has 2 atom stereocenters. The fourth-order valence-electron chi connectivity index (χ4n) is 4.40.